The lowest BCUT2D eigenvalue weighted by atomic mass is 10.3. The van der Waals surface area contributed by atoms with E-state index in [1.165, 1.54) is 0 Å². The molecule has 2 fully saturated rings. The molecule has 0 saturated carbocycles. The minimum absolute atomic E-state index is 0.106. The van der Waals surface area contributed by atoms with Crippen LogP contribution in [-0.4, -0.2) is 46.1 Å². The van der Waals surface area contributed by atoms with Crippen molar-refractivity contribution >= 4 is 33.4 Å². The molecule has 7 nitrogen and oxygen atoms in total. The van der Waals surface area contributed by atoms with Gasteiger partial charge >= 0.3 is 0 Å². The molecule has 2 saturated heterocycles. The molecule has 0 N–H and O–H groups in total. The lowest BCUT2D eigenvalue weighted by Gasteiger charge is -2.15. The van der Waals surface area contributed by atoms with Crippen molar-refractivity contribution < 1.29 is 14.0 Å². The molecule has 2 aliphatic heterocycles. The Hall–Kier alpha value is -2.09. The van der Waals surface area contributed by atoms with Gasteiger partial charge in [0.15, 0.2) is 10.4 Å². The minimum atomic E-state index is -0.106. The third-order valence-electron chi connectivity index (χ3n) is 4.58. The number of anilines is 1. The second-order valence-electron chi connectivity index (χ2n) is 6.12. The van der Waals surface area contributed by atoms with Crippen LogP contribution in [-0.2, 0) is 4.79 Å². The smallest absolute Gasteiger partial charge is 0.289 e. The van der Waals surface area contributed by atoms with Crippen LogP contribution in [0.15, 0.2) is 33.6 Å². The lowest BCUT2D eigenvalue weighted by molar-refractivity contribution is -0.117. The van der Waals surface area contributed by atoms with Gasteiger partial charge in [0.2, 0.25) is 5.91 Å². The summed E-state index contributed by atoms with van der Waals surface area (Å²) in [6.45, 7) is 2.01. The second kappa shape index (κ2) is 6.08. The highest BCUT2D eigenvalue weighted by Crippen LogP contribution is 2.27. The van der Waals surface area contributed by atoms with E-state index in [1.807, 2.05) is 10.9 Å². The number of carbonyl (C=O) groups excluding carboxylic acids is 2. The zero-order chi connectivity index (χ0) is 16.7. The fourth-order valence-corrected chi connectivity index (χ4v) is 3.62. The third-order valence-corrected chi connectivity index (χ3v) is 5.01. The summed E-state index contributed by atoms with van der Waals surface area (Å²) in [5.74, 6) is 0.387. The summed E-state index contributed by atoms with van der Waals surface area (Å²) in [4.78, 5) is 27.8. The Labute approximate surface area is 147 Å². The maximum Gasteiger partial charge on any atom is 0.289 e. The Kier molecular flexibility index (Phi) is 3.91. The fraction of sp³-hybridized carbons (Fsp3) is 0.438. The van der Waals surface area contributed by atoms with Gasteiger partial charge in [-0.1, -0.05) is 0 Å². The van der Waals surface area contributed by atoms with Crippen molar-refractivity contribution in [1.82, 2.24) is 14.7 Å². The first-order valence-corrected chi connectivity index (χ1v) is 8.80. The van der Waals surface area contributed by atoms with E-state index in [9.17, 15) is 9.59 Å². The van der Waals surface area contributed by atoms with E-state index in [2.05, 4.69) is 21.0 Å². The quantitative estimate of drug-likeness (QED) is 0.803. The first kappa shape index (κ1) is 15.4. The molecule has 2 aromatic heterocycles. The Bertz CT molecular complexity index is 784. The number of amides is 2. The van der Waals surface area contributed by atoms with Gasteiger partial charge in [-0.25, -0.2) is 0 Å². The van der Waals surface area contributed by atoms with E-state index >= 15 is 0 Å². The van der Waals surface area contributed by atoms with E-state index in [-0.39, 0.29) is 17.9 Å². The fourth-order valence-electron chi connectivity index (χ4n) is 3.32. The lowest BCUT2D eigenvalue weighted by Crippen LogP contribution is -2.28. The Morgan fingerprint density at radius 1 is 1.33 bits per heavy atom. The molecule has 0 aromatic carbocycles. The molecule has 1 atom stereocenters. The Balaban J connectivity index is 1.44. The molecule has 1 unspecified atom stereocenters. The first-order chi connectivity index (χ1) is 11.6. The zero-order valence-corrected chi connectivity index (χ0v) is 14.6. The SMILES string of the molecule is O=C(c1ccc(Br)o1)N1CCC(n2cc(N3CCCC3=O)cn2)C1. The maximum atomic E-state index is 12.4. The van der Waals surface area contributed by atoms with Crippen LogP contribution in [0.2, 0.25) is 0 Å². The van der Waals surface area contributed by atoms with E-state index in [1.54, 1.807) is 28.1 Å². The number of rotatable bonds is 3. The van der Waals surface area contributed by atoms with E-state index in [0.29, 0.717) is 29.9 Å². The molecule has 0 bridgehead atoms. The van der Waals surface area contributed by atoms with Gasteiger partial charge in [-0.05, 0) is 40.9 Å². The summed E-state index contributed by atoms with van der Waals surface area (Å²) in [5, 5.41) is 4.40. The Morgan fingerprint density at radius 3 is 2.92 bits per heavy atom. The minimum Gasteiger partial charge on any atom is -0.444 e. The van der Waals surface area contributed by atoms with E-state index in [4.69, 9.17) is 4.42 Å². The van der Waals surface area contributed by atoms with Crippen molar-refractivity contribution in [3.63, 3.8) is 0 Å². The van der Waals surface area contributed by atoms with Crippen LogP contribution < -0.4 is 4.90 Å². The normalized spacial score (nSPS) is 21.0. The van der Waals surface area contributed by atoms with Crippen LogP contribution in [0.3, 0.4) is 0 Å². The van der Waals surface area contributed by atoms with Gasteiger partial charge in [0, 0.05) is 32.3 Å². The maximum absolute atomic E-state index is 12.4. The molecule has 4 rings (SSSR count). The second-order valence-corrected chi connectivity index (χ2v) is 6.91. The molecule has 4 heterocycles. The topological polar surface area (TPSA) is 71.6 Å². The third kappa shape index (κ3) is 2.75. The largest absolute Gasteiger partial charge is 0.444 e. The first-order valence-electron chi connectivity index (χ1n) is 8.01. The summed E-state index contributed by atoms with van der Waals surface area (Å²) in [5.41, 5.74) is 0.845. The summed E-state index contributed by atoms with van der Waals surface area (Å²) in [7, 11) is 0. The molecular weight excluding hydrogens is 376 g/mol. The highest BCUT2D eigenvalue weighted by atomic mass is 79.9. The zero-order valence-electron chi connectivity index (χ0n) is 13.0. The van der Waals surface area contributed by atoms with Crippen molar-refractivity contribution in [2.24, 2.45) is 0 Å². The van der Waals surface area contributed by atoms with Crippen LogP contribution in [0.1, 0.15) is 35.9 Å². The number of hydrogen-bond acceptors (Lipinski definition) is 4. The molecule has 2 amide bonds. The average molecular weight is 393 g/mol. The molecular formula is C16H17BrN4O3. The number of nitrogens with zero attached hydrogens (tertiary/aromatic N) is 4. The number of hydrogen-bond donors (Lipinski definition) is 0. The predicted octanol–water partition coefficient (Wildman–Crippen LogP) is 2.45. The number of halogens is 1. The van der Waals surface area contributed by atoms with Gasteiger partial charge < -0.3 is 14.2 Å². The van der Waals surface area contributed by atoms with Crippen molar-refractivity contribution in [3.05, 3.63) is 35.0 Å². The molecule has 2 aliphatic rings. The molecule has 24 heavy (non-hydrogen) atoms. The van der Waals surface area contributed by atoms with Crippen LogP contribution in [0.5, 0.6) is 0 Å². The predicted molar refractivity (Wildman–Crippen MR) is 89.8 cm³/mol. The van der Waals surface area contributed by atoms with Crippen molar-refractivity contribution in [3.8, 4) is 0 Å². The molecule has 2 aromatic rings. The monoisotopic (exact) mass is 392 g/mol. The number of aromatic nitrogens is 2. The van der Waals surface area contributed by atoms with Crippen molar-refractivity contribution in [1.29, 1.82) is 0 Å². The van der Waals surface area contributed by atoms with Gasteiger partial charge in [0.1, 0.15) is 0 Å². The highest BCUT2D eigenvalue weighted by Gasteiger charge is 2.31. The standard InChI is InChI=1S/C16H17BrN4O3/c17-14-4-3-13(24-14)16(23)19-7-5-11(9-19)21-10-12(8-18-21)20-6-1-2-15(20)22/h3-4,8,10-11H,1-2,5-7,9H2. The summed E-state index contributed by atoms with van der Waals surface area (Å²) in [6, 6.07) is 3.51. The van der Waals surface area contributed by atoms with Gasteiger partial charge in [-0.2, -0.15) is 5.10 Å². The number of carbonyl (C=O) groups is 2. The van der Waals surface area contributed by atoms with Crippen molar-refractivity contribution in [2.75, 3.05) is 24.5 Å². The Morgan fingerprint density at radius 2 is 2.21 bits per heavy atom. The van der Waals surface area contributed by atoms with Gasteiger partial charge in [0.25, 0.3) is 5.91 Å². The van der Waals surface area contributed by atoms with Gasteiger partial charge in [-0.3, -0.25) is 14.3 Å². The van der Waals surface area contributed by atoms with E-state index in [0.717, 1.165) is 25.1 Å². The van der Waals surface area contributed by atoms with Crippen LogP contribution in [0.4, 0.5) is 5.69 Å². The van der Waals surface area contributed by atoms with Crippen LogP contribution in [0, 0.1) is 0 Å². The van der Waals surface area contributed by atoms with Gasteiger partial charge in [-0.15, -0.1) is 0 Å². The van der Waals surface area contributed by atoms with Gasteiger partial charge in [0.05, 0.1) is 17.9 Å². The number of furan rings is 1. The average Bonchev–Trinajstić information content (AvgIpc) is 3.33. The number of likely N-dealkylation sites (tertiary alicyclic amines) is 1. The molecule has 126 valence electrons. The van der Waals surface area contributed by atoms with Crippen LogP contribution in [0.25, 0.3) is 0 Å². The molecule has 8 heteroatoms. The molecule has 0 aliphatic carbocycles. The molecule has 0 spiro atoms. The van der Waals surface area contributed by atoms with Crippen LogP contribution >= 0.6 is 15.9 Å². The molecule has 0 radical (unpaired) electrons. The highest BCUT2D eigenvalue weighted by molar-refractivity contribution is 9.10. The van der Waals surface area contributed by atoms with E-state index < -0.39 is 0 Å². The summed E-state index contributed by atoms with van der Waals surface area (Å²) in [6.07, 6.45) is 5.98. The van der Waals surface area contributed by atoms with Crippen molar-refractivity contribution in [2.45, 2.75) is 25.3 Å². The summed E-state index contributed by atoms with van der Waals surface area (Å²) >= 11 is 3.21. The summed E-state index contributed by atoms with van der Waals surface area (Å²) < 4.78 is 7.76.